The largest absolute Gasteiger partial charge is 0.493 e. The van der Waals surface area contributed by atoms with Gasteiger partial charge in [0.15, 0.2) is 0 Å². The van der Waals surface area contributed by atoms with Crippen molar-refractivity contribution in [1.29, 1.82) is 5.26 Å². The lowest BCUT2D eigenvalue weighted by Gasteiger charge is -2.32. The van der Waals surface area contributed by atoms with Crippen LogP contribution >= 0.6 is 0 Å². The van der Waals surface area contributed by atoms with Crippen LogP contribution in [0, 0.1) is 34.8 Å². The van der Waals surface area contributed by atoms with E-state index in [1.807, 2.05) is 12.4 Å². The first-order chi connectivity index (χ1) is 16.9. The van der Waals surface area contributed by atoms with Crippen molar-refractivity contribution in [1.82, 2.24) is 20.2 Å². The molecule has 3 aromatic rings. The van der Waals surface area contributed by atoms with Crippen molar-refractivity contribution in [3.05, 3.63) is 53.5 Å². The van der Waals surface area contributed by atoms with Crippen molar-refractivity contribution in [3.63, 3.8) is 0 Å². The number of anilines is 1. The molecule has 9 heteroatoms. The van der Waals surface area contributed by atoms with Crippen LogP contribution < -0.4 is 9.64 Å². The van der Waals surface area contributed by atoms with Crippen molar-refractivity contribution >= 4 is 5.95 Å². The van der Waals surface area contributed by atoms with Crippen LogP contribution in [0.3, 0.4) is 0 Å². The molecule has 1 fully saturated rings. The summed E-state index contributed by atoms with van der Waals surface area (Å²) in [7, 11) is 0. The highest BCUT2D eigenvalue weighted by Gasteiger charge is 2.21. The number of aromatic amines is 1. The Morgan fingerprint density at radius 1 is 1.14 bits per heavy atom. The normalized spacial score (nSPS) is 14.3. The fourth-order valence-electron chi connectivity index (χ4n) is 4.39. The lowest BCUT2D eigenvalue weighted by atomic mass is 9.92. The molecule has 0 radical (unpaired) electrons. The lowest BCUT2D eigenvalue weighted by Crippen LogP contribution is -2.34. The number of aromatic nitrogens is 4. The first-order valence-electron chi connectivity index (χ1n) is 12.1. The number of nitrogens with one attached hydrogen (secondary N) is 1. The van der Waals surface area contributed by atoms with Gasteiger partial charge < -0.3 is 9.64 Å². The first-order valence-corrected chi connectivity index (χ1v) is 12.1. The van der Waals surface area contributed by atoms with Gasteiger partial charge in [-0.25, -0.2) is 18.7 Å². The van der Waals surface area contributed by atoms with E-state index in [1.165, 1.54) is 6.07 Å². The Bertz CT molecular complexity index is 1140. The predicted octanol–water partition coefficient (Wildman–Crippen LogP) is 5.29. The number of hydrogen-bond acceptors (Lipinski definition) is 6. The Morgan fingerprint density at radius 3 is 2.46 bits per heavy atom. The second-order valence-electron chi connectivity index (χ2n) is 9.44. The molecule has 7 nitrogen and oxygen atoms in total. The van der Waals surface area contributed by atoms with E-state index in [0.717, 1.165) is 80.2 Å². The summed E-state index contributed by atoms with van der Waals surface area (Å²) in [5, 5.41) is 16.2. The number of nitrogens with zero attached hydrogens (tertiary/aromatic N) is 5. The number of H-pyrrole nitrogens is 1. The van der Waals surface area contributed by atoms with Crippen LogP contribution in [0.5, 0.6) is 5.75 Å². The number of nitriles is 1. The molecule has 1 aromatic carbocycles. The van der Waals surface area contributed by atoms with Gasteiger partial charge in [0.2, 0.25) is 5.95 Å². The van der Waals surface area contributed by atoms with Gasteiger partial charge in [-0.15, -0.1) is 0 Å². The Morgan fingerprint density at radius 2 is 1.83 bits per heavy atom. The van der Waals surface area contributed by atoms with Gasteiger partial charge in [-0.05, 0) is 50.0 Å². The van der Waals surface area contributed by atoms with Gasteiger partial charge in [0, 0.05) is 48.9 Å². The number of piperidine rings is 1. The molecular weight excluding hydrogens is 450 g/mol. The number of ether oxygens (including phenoxy) is 1. The van der Waals surface area contributed by atoms with E-state index in [2.05, 4.69) is 45.0 Å². The van der Waals surface area contributed by atoms with Gasteiger partial charge in [0.05, 0.1) is 12.3 Å². The van der Waals surface area contributed by atoms with Gasteiger partial charge in [0.1, 0.15) is 29.0 Å². The van der Waals surface area contributed by atoms with Crippen molar-refractivity contribution in [2.45, 2.75) is 46.0 Å². The molecule has 0 saturated carbocycles. The highest BCUT2D eigenvalue weighted by Crippen LogP contribution is 2.26. The van der Waals surface area contributed by atoms with Gasteiger partial charge in [0.25, 0.3) is 0 Å². The summed E-state index contributed by atoms with van der Waals surface area (Å²) in [5.74, 6) is 0.176. The molecule has 1 aliphatic heterocycles. The van der Waals surface area contributed by atoms with Gasteiger partial charge in [-0.2, -0.15) is 10.4 Å². The molecule has 1 N–H and O–H groups in total. The summed E-state index contributed by atoms with van der Waals surface area (Å²) < 4.78 is 32.8. The summed E-state index contributed by atoms with van der Waals surface area (Å²) >= 11 is 0. The Balaban J connectivity index is 1.20. The molecule has 0 unspecified atom stereocenters. The van der Waals surface area contributed by atoms with E-state index in [1.54, 1.807) is 0 Å². The van der Waals surface area contributed by atoms with Crippen molar-refractivity contribution in [2.24, 2.45) is 11.8 Å². The number of halogens is 2. The molecule has 1 aliphatic rings. The molecule has 0 spiro atoms. The summed E-state index contributed by atoms with van der Waals surface area (Å²) in [6.07, 6.45) is 8.45. The zero-order valence-electron chi connectivity index (χ0n) is 20.1. The van der Waals surface area contributed by atoms with E-state index in [0.29, 0.717) is 18.4 Å². The third-order valence-corrected chi connectivity index (χ3v) is 6.24. The standard InChI is InChI=1S/C26H30F2N6O/c1-17(2)10-20-11-25(33-32-20)19-15-30-26(31-16-19)34-7-5-18(6-8-34)4-3-9-35-21-12-23(27)22(14-29)24(28)13-21/h11-13,15-18H,3-10H2,1-2H3,(H,32,33). The van der Waals surface area contributed by atoms with Crippen LogP contribution in [0.2, 0.25) is 0 Å². The predicted molar refractivity (Wildman–Crippen MR) is 129 cm³/mol. The minimum atomic E-state index is -0.898. The van der Waals surface area contributed by atoms with E-state index in [-0.39, 0.29) is 5.75 Å². The summed E-state index contributed by atoms with van der Waals surface area (Å²) in [6.45, 7) is 6.51. The summed E-state index contributed by atoms with van der Waals surface area (Å²) in [4.78, 5) is 11.3. The van der Waals surface area contributed by atoms with E-state index < -0.39 is 17.2 Å². The quantitative estimate of drug-likeness (QED) is 0.419. The highest BCUT2D eigenvalue weighted by molar-refractivity contribution is 5.57. The molecule has 35 heavy (non-hydrogen) atoms. The smallest absolute Gasteiger partial charge is 0.225 e. The van der Waals surface area contributed by atoms with E-state index >= 15 is 0 Å². The second-order valence-corrected chi connectivity index (χ2v) is 9.44. The Labute approximate surface area is 204 Å². The monoisotopic (exact) mass is 480 g/mol. The maximum Gasteiger partial charge on any atom is 0.225 e. The fourth-order valence-corrected chi connectivity index (χ4v) is 4.39. The van der Waals surface area contributed by atoms with Crippen LogP contribution in [-0.2, 0) is 6.42 Å². The van der Waals surface area contributed by atoms with Crippen LogP contribution in [0.15, 0.2) is 30.6 Å². The van der Waals surface area contributed by atoms with E-state index in [4.69, 9.17) is 10.00 Å². The molecule has 1 saturated heterocycles. The Hall–Kier alpha value is -3.54. The molecule has 4 rings (SSSR count). The second kappa shape index (κ2) is 11.3. The molecule has 0 amide bonds. The van der Waals surface area contributed by atoms with Gasteiger partial charge >= 0.3 is 0 Å². The molecular formula is C26H30F2N6O. The molecule has 0 bridgehead atoms. The summed E-state index contributed by atoms with van der Waals surface area (Å²) in [6, 6.07) is 5.68. The molecule has 2 aromatic heterocycles. The maximum absolute atomic E-state index is 13.7. The van der Waals surface area contributed by atoms with Crippen molar-refractivity contribution < 1.29 is 13.5 Å². The van der Waals surface area contributed by atoms with Gasteiger partial charge in [-0.1, -0.05) is 13.8 Å². The first kappa shape index (κ1) is 24.6. The van der Waals surface area contributed by atoms with Crippen LogP contribution in [-0.4, -0.2) is 39.9 Å². The SMILES string of the molecule is CC(C)Cc1cc(-c2cnc(N3CCC(CCCOc4cc(F)c(C#N)c(F)c4)CC3)nc2)n[nH]1. The average molecular weight is 481 g/mol. The molecule has 184 valence electrons. The minimum absolute atomic E-state index is 0.111. The maximum atomic E-state index is 13.7. The minimum Gasteiger partial charge on any atom is -0.493 e. The molecule has 3 heterocycles. The molecule has 0 atom stereocenters. The van der Waals surface area contributed by atoms with Crippen LogP contribution in [0.4, 0.5) is 14.7 Å². The zero-order valence-corrected chi connectivity index (χ0v) is 20.1. The van der Waals surface area contributed by atoms with E-state index in [9.17, 15) is 8.78 Å². The summed E-state index contributed by atoms with van der Waals surface area (Å²) in [5.41, 5.74) is 2.29. The number of hydrogen-bond donors (Lipinski definition) is 1. The fraction of sp³-hybridized carbons (Fsp3) is 0.462. The Kier molecular flexibility index (Phi) is 7.91. The zero-order chi connectivity index (χ0) is 24.8. The van der Waals surface area contributed by atoms with Crippen molar-refractivity contribution in [2.75, 3.05) is 24.6 Å². The van der Waals surface area contributed by atoms with Gasteiger partial charge in [-0.3, -0.25) is 5.10 Å². The van der Waals surface area contributed by atoms with Crippen molar-refractivity contribution in [3.8, 4) is 23.1 Å². The third-order valence-electron chi connectivity index (χ3n) is 6.24. The number of benzene rings is 1. The highest BCUT2D eigenvalue weighted by atomic mass is 19.1. The topological polar surface area (TPSA) is 90.7 Å². The molecule has 0 aliphatic carbocycles. The number of rotatable bonds is 9. The third kappa shape index (κ3) is 6.32. The van der Waals surface area contributed by atoms with Crippen LogP contribution in [0.1, 0.15) is 50.8 Å². The average Bonchev–Trinajstić information content (AvgIpc) is 3.30. The van der Waals surface area contributed by atoms with Crippen LogP contribution in [0.25, 0.3) is 11.3 Å². The lowest BCUT2D eigenvalue weighted by molar-refractivity contribution is 0.277.